The number of benzene rings is 1. The maximum atomic E-state index is 12.4. The number of rotatable bonds is 3. The van der Waals surface area contributed by atoms with Crippen LogP contribution < -0.4 is 15.6 Å². The number of aromatic nitrogens is 2. The van der Waals surface area contributed by atoms with E-state index in [9.17, 15) is 9.59 Å². The van der Waals surface area contributed by atoms with E-state index in [-0.39, 0.29) is 11.6 Å². The third-order valence-corrected chi connectivity index (χ3v) is 4.49. The van der Waals surface area contributed by atoms with Crippen LogP contribution in [0.3, 0.4) is 0 Å². The Bertz CT molecular complexity index is 916. The van der Waals surface area contributed by atoms with Gasteiger partial charge in [-0.1, -0.05) is 12.1 Å². The molecule has 2 aromatic heterocycles. The highest BCUT2D eigenvalue weighted by Crippen LogP contribution is 2.19. The fraction of sp³-hybridized carbons (Fsp3) is 0.188. The molecule has 3 aromatic rings. The Morgan fingerprint density at radius 2 is 2.17 bits per heavy atom. The summed E-state index contributed by atoms with van der Waals surface area (Å²) in [4.78, 5) is 29.3. The smallest absolute Gasteiger partial charge is 0.338 e. The second kappa shape index (κ2) is 6.21. The molecule has 0 saturated carbocycles. The lowest BCUT2D eigenvalue weighted by Crippen LogP contribution is -2.34. The SMILES string of the molecule is COc1cccc([C@@H](C)NC(=O)n2sc3ncccc3c2=O)c1. The van der Waals surface area contributed by atoms with Crippen molar-refractivity contribution in [1.29, 1.82) is 0 Å². The highest BCUT2D eigenvalue weighted by atomic mass is 32.1. The van der Waals surface area contributed by atoms with E-state index in [4.69, 9.17) is 4.74 Å². The molecule has 7 heteroatoms. The van der Waals surface area contributed by atoms with E-state index in [1.165, 1.54) is 0 Å². The molecule has 0 aliphatic rings. The molecule has 1 aromatic carbocycles. The van der Waals surface area contributed by atoms with Gasteiger partial charge in [0.25, 0.3) is 5.56 Å². The Morgan fingerprint density at radius 1 is 1.35 bits per heavy atom. The molecule has 6 nitrogen and oxygen atoms in total. The van der Waals surface area contributed by atoms with Gasteiger partial charge in [0.05, 0.1) is 18.5 Å². The van der Waals surface area contributed by atoms with Gasteiger partial charge >= 0.3 is 6.03 Å². The van der Waals surface area contributed by atoms with Gasteiger partial charge in [-0.3, -0.25) is 4.79 Å². The molecular weight excluding hydrogens is 314 g/mol. The summed E-state index contributed by atoms with van der Waals surface area (Å²) < 4.78 is 6.27. The van der Waals surface area contributed by atoms with Gasteiger partial charge in [0.1, 0.15) is 10.6 Å². The van der Waals surface area contributed by atoms with Crippen molar-refractivity contribution in [3.63, 3.8) is 0 Å². The van der Waals surface area contributed by atoms with Crippen molar-refractivity contribution in [1.82, 2.24) is 14.3 Å². The van der Waals surface area contributed by atoms with Crippen molar-refractivity contribution in [2.75, 3.05) is 7.11 Å². The van der Waals surface area contributed by atoms with Crippen LogP contribution in [0.25, 0.3) is 10.2 Å². The average Bonchev–Trinajstić information content (AvgIpc) is 2.92. The van der Waals surface area contributed by atoms with Crippen LogP contribution in [0.1, 0.15) is 18.5 Å². The minimum atomic E-state index is -0.465. The lowest BCUT2D eigenvalue weighted by Gasteiger charge is -2.14. The fourth-order valence-electron chi connectivity index (χ4n) is 2.24. The van der Waals surface area contributed by atoms with Gasteiger partial charge in [-0.25, -0.2) is 9.78 Å². The number of amides is 1. The number of methoxy groups -OCH3 is 1. The molecule has 0 fully saturated rings. The maximum absolute atomic E-state index is 12.4. The van der Waals surface area contributed by atoms with E-state index in [0.29, 0.717) is 16.0 Å². The summed E-state index contributed by atoms with van der Waals surface area (Å²) in [5.41, 5.74) is 0.540. The first kappa shape index (κ1) is 15.2. The van der Waals surface area contributed by atoms with Gasteiger partial charge in [0.2, 0.25) is 0 Å². The highest BCUT2D eigenvalue weighted by molar-refractivity contribution is 7.14. The van der Waals surface area contributed by atoms with E-state index < -0.39 is 6.03 Å². The molecule has 0 bridgehead atoms. The van der Waals surface area contributed by atoms with Crippen molar-refractivity contribution in [3.8, 4) is 5.75 Å². The van der Waals surface area contributed by atoms with Crippen LogP contribution in [0.4, 0.5) is 4.79 Å². The highest BCUT2D eigenvalue weighted by Gasteiger charge is 2.17. The first-order chi connectivity index (χ1) is 11.1. The number of pyridine rings is 1. The number of hydrogen-bond donors (Lipinski definition) is 1. The van der Waals surface area contributed by atoms with Crippen molar-refractivity contribution in [2.24, 2.45) is 0 Å². The van der Waals surface area contributed by atoms with Gasteiger partial charge in [-0.15, -0.1) is 0 Å². The van der Waals surface area contributed by atoms with Crippen LogP contribution >= 0.6 is 11.5 Å². The molecular formula is C16H15N3O3S. The summed E-state index contributed by atoms with van der Waals surface area (Å²) in [6, 6.07) is 10.0. The Kier molecular flexibility index (Phi) is 4.12. The predicted octanol–water partition coefficient (Wildman–Crippen LogP) is 2.79. The van der Waals surface area contributed by atoms with E-state index in [2.05, 4.69) is 10.3 Å². The molecule has 1 N–H and O–H groups in total. The van der Waals surface area contributed by atoms with Crippen LogP contribution in [0.2, 0.25) is 0 Å². The van der Waals surface area contributed by atoms with Gasteiger partial charge in [-0.2, -0.15) is 3.96 Å². The Balaban J connectivity index is 1.85. The van der Waals surface area contributed by atoms with Crippen molar-refractivity contribution in [2.45, 2.75) is 13.0 Å². The first-order valence-corrected chi connectivity index (χ1v) is 7.79. The standard InChI is InChI=1S/C16H15N3O3S/c1-10(11-5-3-6-12(9-11)22-2)18-16(21)19-15(20)13-7-4-8-17-14(13)23-19/h3-10H,1-2H3,(H,18,21)/t10-/m1/s1. The number of carbonyl (C=O) groups is 1. The normalized spacial score (nSPS) is 12.1. The van der Waals surface area contributed by atoms with E-state index in [1.807, 2.05) is 31.2 Å². The second-order valence-corrected chi connectivity index (χ2v) is 5.93. The molecule has 0 spiro atoms. The van der Waals surface area contributed by atoms with E-state index in [1.54, 1.807) is 25.4 Å². The summed E-state index contributed by atoms with van der Waals surface area (Å²) in [5.74, 6) is 0.715. The van der Waals surface area contributed by atoms with Crippen LogP contribution in [0.15, 0.2) is 47.4 Å². The third kappa shape index (κ3) is 2.95. The maximum Gasteiger partial charge on any atom is 0.338 e. The predicted molar refractivity (Wildman–Crippen MR) is 89.2 cm³/mol. The van der Waals surface area contributed by atoms with Crippen LogP contribution in [-0.2, 0) is 0 Å². The molecule has 0 radical (unpaired) electrons. The largest absolute Gasteiger partial charge is 0.497 e. The second-order valence-electron chi connectivity index (χ2n) is 4.99. The Labute approximate surface area is 136 Å². The minimum absolute atomic E-state index is 0.261. The summed E-state index contributed by atoms with van der Waals surface area (Å²) in [7, 11) is 1.59. The molecule has 23 heavy (non-hydrogen) atoms. The molecule has 2 heterocycles. The fourth-order valence-corrected chi connectivity index (χ4v) is 3.09. The molecule has 0 unspecified atom stereocenters. The van der Waals surface area contributed by atoms with Crippen LogP contribution in [0, 0.1) is 0 Å². The zero-order valence-corrected chi connectivity index (χ0v) is 13.5. The van der Waals surface area contributed by atoms with Gasteiger partial charge in [0, 0.05) is 6.20 Å². The quantitative estimate of drug-likeness (QED) is 0.802. The van der Waals surface area contributed by atoms with E-state index >= 15 is 0 Å². The monoisotopic (exact) mass is 329 g/mol. The van der Waals surface area contributed by atoms with Crippen molar-refractivity contribution < 1.29 is 9.53 Å². The van der Waals surface area contributed by atoms with Crippen LogP contribution in [-0.4, -0.2) is 22.1 Å². The Hall–Kier alpha value is -2.67. The lowest BCUT2D eigenvalue weighted by molar-refractivity contribution is 0.241. The number of ether oxygens (including phenoxy) is 1. The molecule has 3 rings (SSSR count). The average molecular weight is 329 g/mol. The van der Waals surface area contributed by atoms with Crippen molar-refractivity contribution in [3.05, 3.63) is 58.5 Å². The molecule has 118 valence electrons. The first-order valence-electron chi connectivity index (χ1n) is 7.02. The molecule has 0 aliphatic carbocycles. The minimum Gasteiger partial charge on any atom is -0.497 e. The summed E-state index contributed by atoms with van der Waals surface area (Å²) in [6.45, 7) is 1.85. The summed E-state index contributed by atoms with van der Waals surface area (Å²) in [5, 5.41) is 3.26. The molecule has 0 saturated heterocycles. The number of nitrogens with zero attached hydrogens (tertiary/aromatic N) is 2. The topological polar surface area (TPSA) is 73.2 Å². The number of nitrogens with one attached hydrogen (secondary N) is 1. The summed E-state index contributed by atoms with van der Waals surface area (Å²) >= 11 is 1.03. The van der Waals surface area contributed by atoms with Gasteiger partial charge in [0.15, 0.2) is 0 Å². The van der Waals surface area contributed by atoms with Crippen LogP contribution in [0.5, 0.6) is 5.75 Å². The third-order valence-electron chi connectivity index (χ3n) is 3.48. The van der Waals surface area contributed by atoms with Gasteiger partial charge < -0.3 is 10.1 Å². The number of carbonyl (C=O) groups excluding carboxylic acids is 1. The number of hydrogen-bond acceptors (Lipinski definition) is 5. The Morgan fingerprint density at radius 3 is 2.91 bits per heavy atom. The van der Waals surface area contributed by atoms with E-state index in [0.717, 1.165) is 21.1 Å². The van der Waals surface area contributed by atoms with Gasteiger partial charge in [-0.05, 0) is 48.3 Å². The zero-order valence-electron chi connectivity index (χ0n) is 12.6. The molecule has 1 amide bonds. The zero-order chi connectivity index (χ0) is 16.4. The molecule has 1 atom stereocenters. The van der Waals surface area contributed by atoms with Crippen molar-refractivity contribution >= 4 is 27.8 Å². The number of fused-ring (bicyclic) bond motifs is 1. The summed E-state index contributed by atoms with van der Waals surface area (Å²) in [6.07, 6.45) is 1.60. The molecule has 0 aliphatic heterocycles. The lowest BCUT2D eigenvalue weighted by atomic mass is 10.1.